The molecule has 0 aliphatic carbocycles. The zero-order valence-electron chi connectivity index (χ0n) is 21.2. The summed E-state index contributed by atoms with van der Waals surface area (Å²) < 4.78 is 5.75. The summed E-state index contributed by atoms with van der Waals surface area (Å²) in [5.41, 5.74) is 3.02. The maximum absolute atomic E-state index is 6.45. The number of methoxy groups -OCH3 is 1. The Kier molecular flexibility index (Phi) is 7.80. The predicted molar refractivity (Wildman–Crippen MR) is 153 cm³/mol. The van der Waals surface area contributed by atoms with Crippen molar-refractivity contribution in [1.29, 1.82) is 0 Å². The van der Waals surface area contributed by atoms with E-state index in [1.54, 1.807) is 13.3 Å². The molecule has 9 heteroatoms. The molecule has 3 heterocycles. The van der Waals surface area contributed by atoms with Crippen LogP contribution in [0.15, 0.2) is 48.7 Å². The van der Waals surface area contributed by atoms with Gasteiger partial charge in [0.2, 0.25) is 5.95 Å². The quantitative estimate of drug-likeness (QED) is 0.386. The molecule has 5 rings (SSSR count). The van der Waals surface area contributed by atoms with E-state index in [1.807, 2.05) is 12.1 Å². The molecule has 1 aromatic heterocycles. The monoisotopic (exact) mass is 524 g/mol. The van der Waals surface area contributed by atoms with Crippen LogP contribution in [-0.4, -0.2) is 67.5 Å². The Bertz CT molecular complexity index is 1210. The van der Waals surface area contributed by atoms with Crippen LogP contribution in [0.5, 0.6) is 5.75 Å². The summed E-state index contributed by atoms with van der Waals surface area (Å²) in [6, 6.07) is 15.2. The van der Waals surface area contributed by atoms with E-state index in [1.165, 1.54) is 36.8 Å². The van der Waals surface area contributed by atoms with E-state index < -0.39 is 0 Å². The number of halogens is 1. The first kappa shape index (κ1) is 25.1. The number of ether oxygens (including phenoxy) is 1. The highest BCUT2D eigenvalue weighted by Crippen LogP contribution is 2.35. The third kappa shape index (κ3) is 5.54. The highest BCUT2D eigenvalue weighted by atomic mass is 35.5. The van der Waals surface area contributed by atoms with Gasteiger partial charge >= 0.3 is 0 Å². The van der Waals surface area contributed by atoms with Crippen LogP contribution in [0, 0.1) is 0 Å². The summed E-state index contributed by atoms with van der Waals surface area (Å²) in [5.74, 6) is 1.79. The number of benzene rings is 2. The van der Waals surface area contributed by atoms with Crippen molar-refractivity contribution in [2.24, 2.45) is 0 Å². The largest absolute Gasteiger partial charge is 0.494 e. The highest BCUT2D eigenvalue weighted by molar-refractivity contribution is 7.64. The van der Waals surface area contributed by atoms with Crippen molar-refractivity contribution in [3.8, 4) is 5.75 Å². The van der Waals surface area contributed by atoms with Crippen molar-refractivity contribution < 1.29 is 4.74 Å². The predicted octanol–water partition coefficient (Wildman–Crippen LogP) is 5.67. The molecule has 1 atom stereocenters. The molecule has 3 aromatic rings. The van der Waals surface area contributed by atoms with Gasteiger partial charge in [-0.05, 0) is 56.2 Å². The molecule has 2 aliphatic heterocycles. The van der Waals surface area contributed by atoms with Crippen molar-refractivity contribution in [3.05, 3.63) is 53.7 Å². The van der Waals surface area contributed by atoms with Gasteiger partial charge in [0.25, 0.3) is 0 Å². The third-order valence-corrected chi connectivity index (χ3v) is 8.65. The zero-order chi connectivity index (χ0) is 25.1. The van der Waals surface area contributed by atoms with E-state index in [-0.39, 0.29) is 7.92 Å². The van der Waals surface area contributed by atoms with Crippen LogP contribution in [0.2, 0.25) is 5.02 Å². The minimum atomic E-state index is -0.277. The van der Waals surface area contributed by atoms with E-state index in [0.29, 0.717) is 22.8 Å². The Morgan fingerprint density at radius 2 is 1.89 bits per heavy atom. The van der Waals surface area contributed by atoms with Crippen LogP contribution in [0.25, 0.3) is 0 Å². The number of piperidine rings is 1. The molecule has 0 bridgehead atoms. The lowest BCUT2D eigenvalue weighted by atomic mass is 9.99. The van der Waals surface area contributed by atoms with E-state index >= 15 is 0 Å². The number of aromatic nitrogens is 2. The number of nitrogens with one attached hydrogen (secondary N) is 2. The molecule has 2 aliphatic rings. The summed E-state index contributed by atoms with van der Waals surface area (Å²) >= 11 is 6.45. The average molecular weight is 525 g/mol. The van der Waals surface area contributed by atoms with Crippen LogP contribution in [0.1, 0.15) is 19.3 Å². The zero-order valence-corrected chi connectivity index (χ0v) is 22.8. The molecule has 0 spiro atoms. The van der Waals surface area contributed by atoms with E-state index in [0.717, 1.165) is 36.8 Å². The average Bonchev–Trinajstić information content (AvgIpc) is 2.90. The summed E-state index contributed by atoms with van der Waals surface area (Å²) in [6.45, 7) is 8.95. The Balaban J connectivity index is 1.33. The number of hydrogen-bond acceptors (Lipinski definition) is 7. The first-order chi connectivity index (χ1) is 17.5. The Labute approximate surface area is 220 Å². The molecule has 0 saturated carbocycles. The highest BCUT2D eigenvalue weighted by Gasteiger charge is 2.29. The molecule has 0 amide bonds. The second kappa shape index (κ2) is 11.2. The summed E-state index contributed by atoms with van der Waals surface area (Å²) in [4.78, 5) is 14.2. The lowest BCUT2D eigenvalue weighted by Crippen LogP contribution is -2.54. The van der Waals surface area contributed by atoms with Gasteiger partial charge in [0.05, 0.1) is 19.0 Å². The van der Waals surface area contributed by atoms with Gasteiger partial charge in [0, 0.05) is 43.1 Å². The second-order valence-electron chi connectivity index (χ2n) is 9.57. The third-order valence-electron chi connectivity index (χ3n) is 7.02. The van der Waals surface area contributed by atoms with Gasteiger partial charge in [-0.3, -0.25) is 4.90 Å². The molecule has 190 valence electrons. The van der Waals surface area contributed by atoms with Gasteiger partial charge in [-0.15, -0.1) is 0 Å². The standard InChI is InChI=1S/C27H34ClN6OP/c1-35-24-16-19(34-15-14-33-13-7-6-8-20(33)18-34)11-12-22(24)31-27-29-17-21(28)26(32-27)30-23-9-4-5-10-25(23)36(2)3/h4-5,9-12,16-17,20H,6-8,13-15,18H2,1-3H3,(H2,29,30,31,32). The maximum Gasteiger partial charge on any atom is 0.229 e. The van der Waals surface area contributed by atoms with Crippen molar-refractivity contribution in [2.75, 3.05) is 62.2 Å². The number of anilines is 5. The smallest absolute Gasteiger partial charge is 0.229 e. The summed E-state index contributed by atoms with van der Waals surface area (Å²) in [6.07, 6.45) is 5.58. The number of piperazine rings is 1. The molecule has 36 heavy (non-hydrogen) atoms. The van der Waals surface area contributed by atoms with Gasteiger partial charge in [-0.25, -0.2) is 4.98 Å². The van der Waals surface area contributed by atoms with Crippen LogP contribution >= 0.6 is 19.5 Å². The topological polar surface area (TPSA) is 65.6 Å². The molecular weight excluding hydrogens is 491 g/mol. The van der Waals surface area contributed by atoms with Gasteiger partial charge in [-0.1, -0.05) is 44.1 Å². The lowest BCUT2D eigenvalue weighted by Gasteiger charge is -2.45. The first-order valence-corrected chi connectivity index (χ1v) is 15.1. The van der Waals surface area contributed by atoms with Crippen LogP contribution < -0.4 is 25.6 Å². The van der Waals surface area contributed by atoms with Gasteiger partial charge in [-0.2, -0.15) is 4.98 Å². The molecule has 2 N–H and O–H groups in total. The second-order valence-corrected chi connectivity index (χ2v) is 12.2. The molecule has 0 radical (unpaired) electrons. The molecular formula is C27H34ClN6OP. The van der Waals surface area contributed by atoms with E-state index in [2.05, 4.69) is 74.1 Å². The van der Waals surface area contributed by atoms with Gasteiger partial charge in [0.1, 0.15) is 10.8 Å². The summed E-state index contributed by atoms with van der Waals surface area (Å²) in [5, 5.41) is 8.46. The Morgan fingerprint density at radius 3 is 2.72 bits per heavy atom. The number of rotatable bonds is 7. The SMILES string of the molecule is COc1cc(N2CCN3CCCCC3C2)ccc1Nc1ncc(Cl)c(Nc2ccccc2P(C)C)n1. The van der Waals surface area contributed by atoms with Crippen LogP contribution in [0.3, 0.4) is 0 Å². The van der Waals surface area contributed by atoms with E-state index in [9.17, 15) is 0 Å². The van der Waals surface area contributed by atoms with Crippen LogP contribution in [-0.2, 0) is 0 Å². The van der Waals surface area contributed by atoms with Crippen molar-refractivity contribution in [2.45, 2.75) is 25.3 Å². The first-order valence-electron chi connectivity index (χ1n) is 12.5. The molecule has 2 fully saturated rings. The molecule has 2 saturated heterocycles. The minimum Gasteiger partial charge on any atom is -0.494 e. The van der Waals surface area contributed by atoms with Crippen LogP contribution in [0.4, 0.5) is 28.8 Å². The maximum atomic E-state index is 6.45. The fraction of sp³-hybridized carbons (Fsp3) is 0.407. The Morgan fingerprint density at radius 1 is 1.03 bits per heavy atom. The lowest BCUT2D eigenvalue weighted by molar-refractivity contribution is 0.133. The number of fused-ring (bicyclic) bond motifs is 1. The van der Waals surface area contributed by atoms with E-state index in [4.69, 9.17) is 16.3 Å². The van der Waals surface area contributed by atoms with Gasteiger partial charge < -0.3 is 20.3 Å². The number of nitrogens with zero attached hydrogens (tertiary/aromatic N) is 4. The fourth-order valence-electron chi connectivity index (χ4n) is 5.10. The fourth-order valence-corrected chi connectivity index (χ4v) is 6.24. The minimum absolute atomic E-state index is 0.277. The Hall–Kier alpha value is -2.60. The van der Waals surface area contributed by atoms with Crippen molar-refractivity contribution in [3.63, 3.8) is 0 Å². The molecule has 2 aromatic carbocycles. The van der Waals surface area contributed by atoms with Crippen molar-refractivity contribution >= 4 is 53.7 Å². The van der Waals surface area contributed by atoms with Gasteiger partial charge in [0.15, 0.2) is 5.82 Å². The summed E-state index contributed by atoms with van der Waals surface area (Å²) in [7, 11) is 1.42. The van der Waals surface area contributed by atoms with Crippen molar-refractivity contribution in [1.82, 2.24) is 14.9 Å². The molecule has 7 nitrogen and oxygen atoms in total. The molecule has 1 unspecified atom stereocenters. The number of para-hydroxylation sites is 1. The number of hydrogen-bond donors (Lipinski definition) is 2. The normalized spacial score (nSPS) is 18.1.